The molecule has 0 aliphatic carbocycles. The van der Waals surface area contributed by atoms with Crippen molar-refractivity contribution in [1.29, 1.82) is 0 Å². The monoisotopic (exact) mass is 493 g/mol. The second kappa shape index (κ2) is 9.80. The van der Waals surface area contributed by atoms with Gasteiger partial charge in [-0.25, -0.2) is 4.98 Å². The summed E-state index contributed by atoms with van der Waals surface area (Å²) in [4.78, 5) is 22.0. The topological polar surface area (TPSA) is 49.0 Å². The molecule has 2 heterocycles. The molecule has 2 aromatic heterocycles. The van der Waals surface area contributed by atoms with Crippen LogP contribution in [0.1, 0.15) is 59.2 Å². The van der Waals surface area contributed by atoms with Crippen molar-refractivity contribution >= 4 is 16.8 Å². The number of aromatic nitrogens is 2. The van der Waals surface area contributed by atoms with Gasteiger partial charge in [0.25, 0.3) is 5.91 Å². The first-order valence-electron chi connectivity index (χ1n) is 11.9. The van der Waals surface area contributed by atoms with E-state index in [2.05, 4.69) is 30.7 Å². The number of H-pyrrole nitrogens is 1. The van der Waals surface area contributed by atoms with Crippen LogP contribution in [0.25, 0.3) is 10.9 Å². The largest absolute Gasteiger partial charge is 0.433 e. The van der Waals surface area contributed by atoms with Gasteiger partial charge in [-0.2, -0.15) is 13.2 Å². The van der Waals surface area contributed by atoms with E-state index < -0.39 is 17.8 Å². The van der Waals surface area contributed by atoms with Gasteiger partial charge in [-0.3, -0.25) is 4.79 Å². The fraction of sp³-hybridized carbons (Fsp3) is 0.310. The first-order valence-corrected chi connectivity index (χ1v) is 11.9. The molecule has 0 fully saturated rings. The van der Waals surface area contributed by atoms with Gasteiger partial charge in [0.1, 0.15) is 5.69 Å². The van der Waals surface area contributed by atoms with Crippen molar-refractivity contribution < 1.29 is 18.0 Å². The normalized spacial score (nSPS) is 12.2. The maximum atomic E-state index is 13.7. The Morgan fingerprint density at radius 1 is 0.944 bits per heavy atom. The Morgan fingerprint density at radius 3 is 2.19 bits per heavy atom. The molecule has 0 radical (unpaired) electrons. The number of rotatable bonds is 6. The van der Waals surface area contributed by atoms with Gasteiger partial charge in [0.15, 0.2) is 5.69 Å². The summed E-state index contributed by atoms with van der Waals surface area (Å²) >= 11 is 0. The van der Waals surface area contributed by atoms with Crippen molar-refractivity contribution in [2.45, 2.75) is 52.3 Å². The van der Waals surface area contributed by atoms with Crippen LogP contribution in [-0.2, 0) is 24.6 Å². The van der Waals surface area contributed by atoms with Gasteiger partial charge in [-0.05, 0) is 47.6 Å². The molecule has 0 bridgehead atoms. The number of amides is 1. The number of benzene rings is 2. The number of hydrogen-bond acceptors (Lipinski definition) is 2. The lowest BCUT2D eigenvalue weighted by molar-refractivity contribution is -0.141. The molecule has 188 valence electrons. The van der Waals surface area contributed by atoms with Crippen LogP contribution in [0.5, 0.6) is 0 Å². The number of nitrogens with one attached hydrogen (secondary N) is 1. The number of aryl methyl sites for hydroxylation is 1. The van der Waals surface area contributed by atoms with E-state index in [-0.39, 0.29) is 17.7 Å². The third-order valence-electron chi connectivity index (χ3n) is 6.31. The first kappa shape index (κ1) is 25.5. The van der Waals surface area contributed by atoms with E-state index in [1.807, 2.05) is 55.5 Å². The van der Waals surface area contributed by atoms with Gasteiger partial charge in [-0.15, -0.1) is 0 Å². The van der Waals surface area contributed by atoms with E-state index in [4.69, 9.17) is 0 Å². The summed E-state index contributed by atoms with van der Waals surface area (Å²) in [7, 11) is 0. The van der Waals surface area contributed by atoms with Crippen LogP contribution in [0.15, 0.2) is 66.9 Å². The van der Waals surface area contributed by atoms with E-state index >= 15 is 0 Å². The third-order valence-corrected chi connectivity index (χ3v) is 6.31. The first-order chi connectivity index (χ1) is 16.9. The number of pyridine rings is 1. The van der Waals surface area contributed by atoms with Crippen LogP contribution >= 0.6 is 0 Å². The molecule has 0 saturated carbocycles. The molecule has 0 aliphatic heterocycles. The number of carbonyl (C=O) groups is 1. The third kappa shape index (κ3) is 5.78. The number of fused-ring (bicyclic) bond motifs is 1. The van der Waals surface area contributed by atoms with Crippen LogP contribution in [0.2, 0.25) is 0 Å². The SMILES string of the molecule is Cc1ccc(CCN(Cc2ccc(C(C)(C)C)cc2)C(=O)c2nc(C(F)(F)F)cc3cc[nH]c23)cc1. The maximum Gasteiger partial charge on any atom is 0.433 e. The average Bonchev–Trinajstić information content (AvgIpc) is 3.30. The molecule has 36 heavy (non-hydrogen) atoms. The summed E-state index contributed by atoms with van der Waals surface area (Å²) in [6, 6.07) is 18.5. The molecule has 0 atom stereocenters. The van der Waals surface area contributed by atoms with Crippen molar-refractivity contribution in [2.75, 3.05) is 6.54 Å². The molecule has 1 N–H and O–H groups in total. The molecule has 2 aromatic carbocycles. The Bertz CT molecular complexity index is 1350. The second-order valence-corrected chi connectivity index (χ2v) is 10.2. The highest BCUT2D eigenvalue weighted by atomic mass is 19.4. The number of halogens is 3. The fourth-order valence-electron chi connectivity index (χ4n) is 4.11. The van der Waals surface area contributed by atoms with Gasteiger partial charge >= 0.3 is 6.18 Å². The summed E-state index contributed by atoms with van der Waals surface area (Å²) in [5, 5.41) is 0.300. The van der Waals surface area contributed by atoms with Crippen molar-refractivity contribution in [3.63, 3.8) is 0 Å². The Labute approximate surface area is 209 Å². The minimum Gasteiger partial charge on any atom is -0.359 e. The van der Waals surface area contributed by atoms with Crippen molar-refractivity contribution in [2.24, 2.45) is 0 Å². The smallest absolute Gasteiger partial charge is 0.359 e. The zero-order chi connectivity index (χ0) is 26.1. The van der Waals surface area contributed by atoms with Gasteiger partial charge in [-0.1, -0.05) is 74.9 Å². The summed E-state index contributed by atoms with van der Waals surface area (Å²) < 4.78 is 40.7. The average molecular weight is 494 g/mol. The standard InChI is InChI=1S/C29H30F3N3O/c1-19-5-7-20(8-6-19)14-16-35(18-21-9-11-23(12-10-21)28(2,3)4)27(36)26-25-22(13-15-33-25)17-24(34-26)29(30,31)32/h5-13,15,17,33H,14,16,18H2,1-4H3. The van der Waals surface area contributed by atoms with Crippen LogP contribution in [-0.4, -0.2) is 27.3 Å². The number of alkyl halides is 3. The van der Waals surface area contributed by atoms with E-state index in [1.165, 1.54) is 12.3 Å². The zero-order valence-electron chi connectivity index (χ0n) is 20.9. The summed E-state index contributed by atoms with van der Waals surface area (Å²) in [6.07, 6.45) is -2.57. The van der Waals surface area contributed by atoms with Gasteiger partial charge < -0.3 is 9.88 Å². The van der Waals surface area contributed by atoms with Crippen molar-refractivity contribution in [3.05, 3.63) is 101 Å². The fourth-order valence-corrected chi connectivity index (χ4v) is 4.11. The van der Waals surface area contributed by atoms with E-state index in [0.29, 0.717) is 23.9 Å². The maximum absolute atomic E-state index is 13.7. The lowest BCUT2D eigenvalue weighted by Crippen LogP contribution is -2.33. The molecule has 0 spiro atoms. The molecule has 4 nitrogen and oxygen atoms in total. The van der Waals surface area contributed by atoms with Gasteiger partial charge in [0.2, 0.25) is 0 Å². The highest BCUT2D eigenvalue weighted by molar-refractivity contribution is 6.04. The molecule has 4 aromatic rings. The van der Waals surface area contributed by atoms with Crippen LogP contribution in [0, 0.1) is 6.92 Å². The second-order valence-electron chi connectivity index (χ2n) is 10.2. The molecular formula is C29H30F3N3O. The van der Waals surface area contributed by atoms with Gasteiger partial charge in [0, 0.05) is 24.7 Å². The van der Waals surface area contributed by atoms with Crippen LogP contribution in [0.4, 0.5) is 13.2 Å². The zero-order valence-corrected chi connectivity index (χ0v) is 20.9. The minimum atomic E-state index is -4.66. The number of hydrogen-bond donors (Lipinski definition) is 1. The lowest BCUT2D eigenvalue weighted by atomic mass is 9.87. The number of nitrogens with zero attached hydrogens (tertiary/aromatic N) is 2. The summed E-state index contributed by atoms with van der Waals surface area (Å²) in [5.74, 6) is -0.541. The molecular weight excluding hydrogens is 463 g/mol. The van der Waals surface area contributed by atoms with Crippen molar-refractivity contribution in [3.8, 4) is 0 Å². The summed E-state index contributed by atoms with van der Waals surface area (Å²) in [5.41, 5.74) is 3.23. The molecule has 0 unspecified atom stereocenters. The van der Waals surface area contributed by atoms with Crippen molar-refractivity contribution in [1.82, 2.24) is 14.9 Å². The predicted molar refractivity (Wildman–Crippen MR) is 136 cm³/mol. The highest BCUT2D eigenvalue weighted by Gasteiger charge is 2.35. The molecule has 7 heteroatoms. The summed E-state index contributed by atoms with van der Waals surface area (Å²) in [6.45, 7) is 8.97. The van der Waals surface area contributed by atoms with Crippen LogP contribution < -0.4 is 0 Å². The Kier molecular flexibility index (Phi) is 6.94. The molecule has 1 amide bonds. The van der Waals surface area contributed by atoms with Crippen LogP contribution in [0.3, 0.4) is 0 Å². The molecule has 0 aliphatic rings. The molecule has 4 rings (SSSR count). The number of carbonyl (C=O) groups excluding carboxylic acids is 1. The van der Waals surface area contributed by atoms with E-state index in [9.17, 15) is 18.0 Å². The predicted octanol–water partition coefficient (Wildman–Crippen LogP) is 7.07. The number of aromatic amines is 1. The Hall–Kier alpha value is -3.61. The minimum absolute atomic E-state index is 0.0132. The quantitative estimate of drug-likeness (QED) is 0.312. The Balaban J connectivity index is 1.68. The van der Waals surface area contributed by atoms with Gasteiger partial charge in [0.05, 0.1) is 5.52 Å². The Morgan fingerprint density at radius 2 is 1.58 bits per heavy atom. The molecule has 0 saturated heterocycles. The van der Waals surface area contributed by atoms with E-state index in [0.717, 1.165) is 28.3 Å². The lowest BCUT2D eigenvalue weighted by Gasteiger charge is -2.24. The highest BCUT2D eigenvalue weighted by Crippen LogP contribution is 2.31. The van der Waals surface area contributed by atoms with E-state index in [1.54, 1.807) is 4.90 Å².